The molecule has 0 saturated heterocycles. The van der Waals surface area contributed by atoms with Gasteiger partial charge in [0.15, 0.2) is 17.2 Å². The fourth-order valence-electron chi connectivity index (χ4n) is 1.53. The molecule has 6 nitrogen and oxygen atoms in total. The molecule has 0 fully saturated rings. The summed E-state index contributed by atoms with van der Waals surface area (Å²) in [4.78, 5) is 32.0. The van der Waals surface area contributed by atoms with Crippen molar-refractivity contribution in [3.05, 3.63) is 38.7 Å². The summed E-state index contributed by atoms with van der Waals surface area (Å²) in [5.74, 6) is -8.21. The van der Waals surface area contributed by atoms with Crippen LogP contribution < -0.4 is 0 Å². The molecule has 1 rings (SSSR count). The second-order valence-corrected chi connectivity index (χ2v) is 4.06. The summed E-state index contributed by atoms with van der Waals surface area (Å²) >= 11 is 0. The highest BCUT2D eigenvalue weighted by Crippen LogP contribution is 2.31. The largest absolute Gasteiger partial charge is 0.389 e. The number of carbonyl (C=O) groups is 2. The Kier molecular flexibility index (Phi) is 5.01. The van der Waals surface area contributed by atoms with Gasteiger partial charge in [0.05, 0.1) is 4.92 Å². The highest BCUT2D eigenvalue weighted by Gasteiger charge is 2.36. The number of nitro groups is 1. The molecule has 0 aromatic heterocycles. The first-order valence-electron chi connectivity index (χ1n) is 5.78. The Balaban J connectivity index is 3.44. The minimum atomic E-state index is -1.99. The van der Waals surface area contributed by atoms with Crippen LogP contribution in [0.3, 0.4) is 0 Å². The number of carbonyl (C=O) groups excluding carboxylic acids is 2. The van der Waals surface area contributed by atoms with Crippen LogP contribution in [0.5, 0.6) is 0 Å². The van der Waals surface area contributed by atoms with Crippen molar-refractivity contribution >= 4 is 17.6 Å². The Bertz CT molecular complexity index is 630. The zero-order chi connectivity index (χ0) is 16.3. The Hall–Kier alpha value is -2.45. The van der Waals surface area contributed by atoms with Crippen LogP contribution in [-0.2, 0) is 9.53 Å². The quantitative estimate of drug-likeness (QED) is 0.281. The number of esters is 2. The number of hydrogen-bond donors (Lipinski definition) is 0. The average Bonchev–Trinajstić information content (AvgIpc) is 2.39. The van der Waals surface area contributed by atoms with Gasteiger partial charge in [0, 0.05) is 12.0 Å². The Morgan fingerprint density at radius 3 is 2.24 bits per heavy atom. The van der Waals surface area contributed by atoms with Crippen molar-refractivity contribution in [2.45, 2.75) is 26.7 Å². The van der Waals surface area contributed by atoms with E-state index in [9.17, 15) is 32.9 Å². The van der Waals surface area contributed by atoms with Crippen LogP contribution in [0.2, 0.25) is 0 Å². The molecule has 0 aliphatic heterocycles. The predicted octanol–water partition coefficient (Wildman–Crippen LogP) is 2.80. The number of halogens is 3. The fourth-order valence-corrected chi connectivity index (χ4v) is 1.53. The third-order valence-electron chi connectivity index (χ3n) is 2.56. The molecule has 0 atom stereocenters. The maximum Gasteiger partial charge on any atom is 0.356 e. The summed E-state index contributed by atoms with van der Waals surface area (Å²) in [6.45, 7) is 2.39. The first kappa shape index (κ1) is 16.6. The monoisotopic (exact) mass is 305 g/mol. The highest BCUT2D eigenvalue weighted by atomic mass is 19.2. The Morgan fingerprint density at radius 2 is 1.76 bits per heavy atom. The lowest BCUT2D eigenvalue weighted by Crippen LogP contribution is -2.18. The SMILES string of the molecule is CCCC(=O)OC(=O)c1c(F)c(C)c(F)c(F)c1[N+](=O)[O-]. The van der Waals surface area contributed by atoms with Crippen molar-refractivity contribution in [1.82, 2.24) is 0 Å². The van der Waals surface area contributed by atoms with Crippen LogP contribution in [0.15, 0.2) is 0 Å². The smallest absolute Gasteiger partial charge is 0.356 e. The van der Waals surface area contributed by atoms with Gasteiger partial charge in [-0.3, -0.25) is 14.9 Å². The third kappa shape index (κ3) is 3.18. The molecule has 0 N–H and O–H groups in total. The molecule has 0 amide bonds. The maximum atomic E-state index is 13.8. The molecule has 1 aromatic rings. The molecule has 0 aliphatic rings. The lowest BCUT2D eigenvalue weighted by molar-refractivity contribution is -0.388. The molecule has 0 heterocycles. The number of hydrogen-bond acceptors (Lipinski definition) is 5. The van der Waals surface area contributed by atoms with E-state index in [1.807, 2.05) is 0 Å². The van der Waals surface area contributed by atoms with Crippen molar-refractivity contribution in [3.63, 3.8) is 0 Å². The van der Waals surface area contributed by atoms with E-state index >= 15 is 0 Å². The summed E-state index contributed by atoms with van der Waals surface area (Å²) in [6, 6.07) is 0. The molecule has 21 heavy (non-hydrogen) atoms. The van der Waals surface area contributed by atoms with E-state index in [0.717, 1.165) is 6.92 Å². The fraction of sp³-hybridized carbons (Fsp3) is 0.333. The number of ether oxygens (including phenoxy) is 1. The van der Waals surface area contributed by atoms with Gasteiger partial charge in [-0.2, -0.15) is 4.39 Å². The van der Waals surface area contributed by atoms with Crippen molar-refractivity contribution in [3.8, 4) is 0 Å². The molecule has 0 saturated carbocycles. The number of rotatable bonds is 4. The zero-order valence-corrected chi connectivity index (χ0v) is 11.0. The van der Waals surface area contributed by atoms with Gasteiger partial charge >= 0.3 is 17.6 Å². The first-order chi connectivity index (χ1) is 9.72. The van der Waals surface area contributed by atoms with Crippen LogP contribution in [0.25, 0.3) is 0 Å². The standard InChI is InChI=1S/C12H10F3NO5/c1-3-4-6(17)21-12(18)7-8(13)5(2)9(14)10(15)11(7)16(19)20/h3-4H2,1-2H3. The molecule has 1 aromatic carbocycles. The molecule has 9 heteroatoms. The van der Waals surface area contributed by atoms with Gasteiger partial charge in [0.1, 0.15) is 0 Å². The van der Waals surface area contributed by atoms with Gasteiger partial charge in [0.2, 0.25) is 5.82 Å². The lowest BCUT2D eigenvalue weighted by atomic mass is 10.1. The summed E-state index contributed by atoms with van der Waals surface area (Å²) < 4.78 is 44.8. The molecule has 0 bridgehead atoms. The first-order valence-corrected chi connectivity index (χ1v) is 5.78. The minimum Gasteiger partial charge on any atom is -0.389 e. The molecular formula is C12H10F3NO5. The van der Waals surface area contributed by atoms with Crippen molar-refractivity contribution in [2.24, 2.45) is 0 Å². The number of benzene rings is 1. The van der Waals surface area contributed by atoms with Crippen molar-refractivity contribution in [2.75, 3.05) is 0 Å². The van der Waals surface area contributed by atoms with E-state index in [1.54, 1.807) is 6.92 Å². The van der Waals surface area contributed by atoms with Gasteiger partial charge < -0.3 is 4.74 Å². The molecular weight excluding hydrogens is 295 g/mol. The van der Waals surface area contributed by atoms with E-state index < -0.39 is 51.1 Å². The van der Waals surface area contributed by atoms with Gasteiger partial charge in [-0.05, 0) is 13.3 Å². The second kappa shape index (κ2) is 6.33. The number of nitro benzene ring substituents is 1. The van der Waals surface area contributed by atoms with E-state index in [1.165, 1.54) is 0 Å². The van der Waals surface area contributed by atoms with Crippen LogP contribution in [0, 0.1) is 34.5 Å². The van der Waals surface area contributed by atoms with E-state index in [0.29, 0.717) is 6.42 Å². The van der Waals surface area contributed by atoms with Crippen LogP contribution in [0.4, 0.5) is 18.9 Å². The maximum absolute atomic E-state index is 13.8. The van der Waals surface area contributed by atoms with Crippen LogP contribution in [0.1, 0.15) is 35.7 Å². The predicted molar refractivity (Wildman–Crippen MR) is 63.0 cm³/mol. The third-order valence-corrected chi connectivity index (χ3v) is 2.56. The van der Waals surface area contributed by atoms with Gasteiger partial charge in [-0.15, -0.1) is 0 Å². The van der Waals surface area contributed by atoms with E-state index in [-0.39, 0.29) is 6.42 Å². The lowest BCUT2D eigenvalue weighted by Gasteiger charge is -2.08. The summed E-state index contributed by atoms with van der Waals surface area (Å²) in [5, 5.41) is 10.7. The van der Waals surface area contributed by atoms with E-state index in [2.05, 4.69) is 4.74 Å². The highest BCUT2D eigenvalue weighted by molar-refractivity contribution is 6.00. The normalized spacial score (nSPS) is 10.3. The van der Waals surface area contributed by atoms with Gasteiger partial charge in [-0.1, -0.05) is 6.92 Å². The second-order valence-electron chi connectivity index (χ2n) is 4.06. The molecule has 0 unspecified atom stereocenters. The minimum absolute atomic E-state index is 0.191. The van der Waals surface area contributed by atoms with Crippen molar-refractivity contribution in [1.29, 1.82) is 0 Å². The van der Waals surface area contributed by atoms with Crippen molar-refractivity contribution < 1.29 is 32.4 Å². The molecule has 0 aliphatic carbocycles. The summed E-state index contributed by atoms with van der Waals surface area (Å²) in [5.41, 5.74) is -4.04. The van der Waals surface area contributed by atoms with Gasteiger partial charge in [-0.25, -0.2) is 13.6 Å². The Morgan fingerprint density at radius 1 is 1.19 bits per heavy atom. The van der Waals surface area contributed by atoms with E-state index in [4.69, 9.17) is 0 Å². The Labute approximate surface area is 116 Å². The molecule has 114 valence electrons. The zero-order valence-electron chi connectivity index (χ0n) is 11.0. The van der Waals surface area contributed by atoms with Crippen LogP contribution in [-0.4, -0.2) is 16.9 Å². The average molecular weight is 305 g/mol. The number of nitrogens with zero attached hydrogens (tertiary/aromatic N) is 1. The van der Waals surface area contributed by atoms with Crippen LogP contribution >= 0.6 is 0 Å². The molecule has 0 radical (unpaired) electrons. The topological polar surface area (TPSA) is 86.5 Å². The molecule has 0 spiro atoms. The summed E-state index contributed by atoms with van der Waals surface area (Å²) in [6.07, 6.45) is 0.122. The summed E-state index contributed by atoms with van der Waals surface area (Å²) in [7, 11) is 0. The van der Waals surface area contributed by atoms with Gasteiger partial charge in [0.25, 0.3) is 0 Å².